The zero-order chi connectivity index (χ0) is 21.7. The van der Waals surface area contributed by atoms with Gasteiger partial charge in [-0.25, -0.2) is 13.1 Å². The highest BCUT2D eigenvalue weighted by Crippen LogP contribution is 2.24. The maximum atomic E-state index is 12.9. The fourth-order valence-electron chi connectivity index (χ4n) is 3.00. The van der Waals surface area contributed by atoms with Gasteiger partial charge in [-0.3, -0.25) is 4.79 Å². The van der Waals surface area contributed by atoms with Crippen molar-refractivity contribution in [3.05, 3.63) is 94.5 Å². The van der Waals surface area contributed by atoms with E-state index in [4.69, 9.17) is 11.6 Å². The van der Waals surface area contributed by atoms with Crippen LogP contribution >= 0.6 is 11.6 Å². The van der Waals surface area contributed by atoms with Crippen molar-refractivity contribution in [1.82, 2.24) is 4.72 Å². The van der Waals surface area contributed by atoms with E-state index in [0.29, 0.717) is 16.3 Å². The number of sulfonamides is 1. The number of carbonyl (C=O) groups excluding carboxylic acids is 1. The zero-order valence-corrected chi connectivity index (χ0v) is 18.3. The van der Waals surface area contributed by atoms with Crippen LogP contribution in [0.3, 0.4) is 0 Å². The average molecular weight is 443 g/mol. The lowest BCUT2D eigenvalue weighted by molar-refractivity contribution is -0.116. The first kappa shape index (κ1) is 22.0. The lowest BCUT2D eigenvalue weighted by Crippen LogP contribution is -2.31. The second-order valence-electron chi connectivity index (χ2n) is 7.11. The van der Waals surface area contributed by atoms with E-state index in [1.165, 1.54) is 0 Å². The van der Waals surface area contributed by atoms with Crippen LogP contribution in [0, 0.1) is 13.8 Å². The molecule has 0 fully saturated rings. The lowest BCUT2D eigenvalue weighted by atomic mass is 10.0. The molecule has 1 atom stereocenters. The van der Waals surface area contributed by atoms with Gasteiger partial charge >= 0.3 is 0 Å². The van der Waals surface area contributed by atoms with Crippen LogP contribution in [0.15, 0.2) is 77.7 Å². The summed E-state index contributed by atoms with van der Waals surface area (Å²) in [5, 5.41) is 3.34. The third-order valence-corrected chi connectivity index (χ3v) is 6.42. The fraction of sp³-hybridized carbons (Fsp3) is 0.174. The van der Waals surface area contributed by atoms with Crippen molar-refractivity contribution in [1.29, 1.82) is 0 Å². The Morgan fingerprint density at radius 2 is 1.63 bits per heavy atom. The Kier molecular flexibility index (Phi) is 6.92. The first-order valence-corrected chi connectivity index (χ1v) is 11.3. The molecular formula is C23H23ClN2O3S. The molecule has 156 valence electrons. The van der Waals surface area contributed by atoms with Gasteiger partial charge in [0.25, 0.3) is 0 Å². The number of halogens is 1. The van der Waals surface area contributed by atoms with Gasteiger partial charge in [0.05, 0.1) is 10.9 Å². The molecule has 0 aliphatic heterocycles. The highest BCUT2D eigenvalue weighted by atomic mass is 35.5. The molecule has 0 aromatic heterocycles. The Labute approximate surface area is 182 Å². The maximum Gasteiger partial charge on any atom is 0.241 e. The molecule has 3 rings (SSSR count). The summed E-state index contributed by atoms with van der Waals surface area (Å²) in [7, 11) is -3.81. The summed E-state index contributed by atoms with van der Waals surface area (Å²) in [6.45, 7) is 3.75. The van der Waals surface area contributed by atoms with E-state index in [9.17, 15) is 13.2 Å². The highest BCUT2D eigenvalue weighted by Gasteiger charge is 2.24. The Bertz CT molecular complexity index is 1130. The summed E-state index contributed by atoms with van der Waals surface area (Å²) in [5.41, 5.74) is 3.13. The second kappa shape index (κ2) is 9.43. The van der Waals surface area contributed by atoms with E-state index >= 15 is 0 Å². The van der Waals surface area contributed by atoms with Crippen LogP contribution in [0.2, 0.25) is 5.02 Å². The van der Waals surface area contributed by atoms with Crippen molar-refractivity contribution in [2.75, 3.05) is 5.32 Å². The molecular weight excluding hydrogens is 420 g/mol. The van der Waals surface area contributed by atoms with Crippen molar-refractivity contribution < 1.29 is 13.2 Å². The number of nitrogens with one attached hydrogen (secondary N) is 2. The van der Waals surface area contributed by atoms with Crippen molar-refractivity contribution in [3.8, 4) is 0 Å². The summed E-state index contributed by atoms with van der Waals surface area (Å²) in [4.78, 5) is 12.9. The molecule has 0 unspecified atom stereocenters. The topological polar surface area (TPSA) is 75.3 Å². The monoisotopic (exact) mass is 442 g/mol. The minimum absolute atomic E-state index is 0.0684. The van der Waals surface area contributed by atoms with Crippen LogP contribution in [-0.4, -0.2) is 14.3 Å². The summed E-state index contributed by atoms with van der Waals surface area (Å²) in [6.07, 6.45) is -0.0684. The van der Waals surface area contributed by atoms with E-state index in [0.717, 1.165) is 11.1 Å². The van der Waals surface area contributed by atoms with Crippen LogP contribution in [0.5, 0.6) is 0 Å². The van der Waals surface area contributed by atoms with Crippen LogP contribution in [0.25, 0.3) is 0 Å². The molecule has 1 amide bonds. The molecule has 0 aliphatic carbocycles. The van der Waals surface area contributed by atoms with Gasteiger partial charge in [0, 0.05) is 17.1 Å². The van der Waals surface area contributed by atoms with E-state index < -0.39 is 16.1 Å². The van der Waals surface area contributed by atoms with E-state index in [-0.39, 0.29) is 17.2 Å². The Balaban J connectivity index is 1.83. The first-order valence-electron chi connectivity index (χ1n) is 9.44. The summed E-state index contributed by atoms with van der Waals surface area (Å²) in [5.74, 6) is -0.319. The molecule has 0 radical (unpaired) electrons. The van der Waals surface area contributed by atoms with E-state index in [1.807, 2.05) is 38.1 Å². The molecule has 3 aromatic rings. The SMILES string of the molecule is Cc1ccc(S(=O)(=O)N[C@H](CC(=O)Nc2cc(Cl)ccc2C)c2ccccc2)cc1. The molecule has 0 bridgehead atoms. The van der Waals surface area contributed by atoms with Crippen molar-refractivity contribution in [2.45, 2.75) is 31.2 Å². The zero-order valence-electron chi connectivity index (χ0n) is 16.7. The Morgan fingerprint density at radius 1 is 0.967 bits per heavy atom. The molecule has 0 heterocycles. The van der Waals surface area contributed by atoms with E-state index in [1.54, 1.807) is 48.5 Å². The summed E-state index contributed by atoms with van der Waals surface area (Å²) in [6, 6.07) is 20.1. The third-order valence-electron chi connectivity index (χ3n) is 4.69. The van der Waals surface area contributed by atoms with Gasteiger partial charge in [-0.2, -0.15) is 0 Å². The Morgan fingerprint density at radius 3 is 2.30 bits per heavy atom. The fourth-order valence-corrected chi connectivity index (χ4v) is 4.40. The van der Waals surface area contributed by atoms with Crippen molar-refractivity contribution in [3.63, 3.8) is 0 Å². The number of aryl methyl sites for hydroxylation is 2. The largest absolute Gasteiger partial charge is 0.326 e. The van der Waals surface area contributed by atoms with Crippen molar-refractivity contribution in [2.24, 2.45) is 0 Å². The van der Waals surface area contributed by atoms with Crippen LogP contribution in [0.1, 0.15) is 29.2 Å². The normalized spacial score (nSPS) is 12.4. The van der Waals surface area contributed by atoms with Crippen LogP contribution in [-0.2, 0) is 14.8 Å². The van der Waals surface area contributed by atoms with Gasteiger partial charge in [-0.15, -0.1) is 0 Å². The quantitative estimate of drug-likeness (QED) is 0.540. The predicted molar refractivity (Wildman–Crippen MR) is 120 cm³/mol. The molecule has 0 spiro atoms. The van der Waals surface area contributed by atoms with Gasteiger partial charge in [0.1, 0.15) is 0 Å². The highest BCUT2D eigenvalue weighted by molar-refractivity contribution is 7.89. The van der Waals surface area contributed by atoms with Crippen molar-refractivity contribution >= 4 is 33.2 Å². The molecule has 5 nitrogen and oxygen atoms in total. The molecule has 0 saturated heterocycles. The molecule has 2 N–H and O–H groups in total. The molecule has 30 heavy (non-hydrogen) atoms. The number of benzene rings is 3. The first-order chi connectivity index (χ1) is 14.2. The van der Waals surface area contributed by atoms with Gasteiger partial charge in [-0.05, 0) is 49.2 Å². The van der Waals surface area contributed by atoms with Gasteiger partial charge < -0.3 is 5.32 Å². The molecule has 0 aliphatic rings. The average Bonchev–Trinajstić information content (AvgIpc) is 2.71. The van der Waals surface area contributed by atoms with Gasteiger partial charge in [0.15, 0.2) is 0 Å². The standard InChI is InChI=1S/C23H23ClN2O3S/c1-16-8-12-20(13-9-16)30(28,29)26-22(18-6-4-3-5-7-18)15-23(27)25-21-14-19(24)11-10-17(21)2/h3-14,22,26H,15H2,1-2H3,(H,25,27)/t22-/m1/s1. The molecule has 0 saturated carbocycles. The number of hydrogen-bond acceptors (Lipinski definition) is 3. The molecule has 7 heteroatoms. The number of anilines is 1. The number of rotatable bonds is 7. The number of carbonyl (C=O) groups is 1. The van der Waals surface area contributed by atoms with Gasteiger partial charge in [0.2, 0.25) is 15.9 Å². The van der Waals surface area contributed by atoms with Gasteiger partial charge in [-0.1, -0.05) is 65.7 Å². The van der Waals surface area contributed by atoms with E-state index in [2.05, 4.69) is 10.0 Å². The van der Waals surface area contributed by atoms with Crippen LogP contribution < -0.4 is 10.0 Å². The third kappa shape index (κ3) is 5.69. The number of hydrogen-bond donors (Lipinski definition) is 2. The minimum atomic E-state index is -3.81. The second-order valence-corrected chi connectivity index (χ2v) is 9.26. The lowest BCUT2D eigenvalue weighted by Gasteiger charge is -2.19. The summed E-state index contributed by atoms with van der Waals surface area (Å²) < 4.78 is 28.5. The smallest absolute Gasteiger partial charge is 0.241 e. The maximum absolute atomic E-state index is 12.9. The summed E-state index contributed by atoms with van der Waals surface area (Å²) >= 11 is 6.02. The Hall–Kier alpha value is -2.67. The minimum Gasteiger partial charge on any atom is -0.326 e. The molecule has 3 aromatic carbocycles. The number of amides is 1. The predicted octanol–water partition coefficient (Wildman–Crippen LogP) is 5.01. The van der Waals surface area contributed by atoms with Crippen LogP contribution in [0.4, 0.5) is 5.69 Å².